The van der Waals surface area contributed by atoms with Crippen molar-refractivity contribution in [1.29, 1.82) is 0 Å². The summed E-state index contributed by atoms with van der Waals surface area (Å²) in [6, 6.07) is 3.90. The third kappa shape index (κ3) is 4.84. The second-order valence-corrected chi connectivity index (χ2v) is 8.89. The molecule has 1 aromatic carbocycles. The van der Waals surface area contributed by atoms with E-state index >= 15 is 0 Å². The first-order chi connectivity index (χ1) is 12.8. The molecule has 4 nitrogen and oxygen atoms in total. The van der Waals surface area contributed by atoms with E-state index in [0.29, 0.717) is 16.6 Å². The molecule has 0 spiro atoms. The van der Waals surface area contributed by atoms with E-state index in [2.05, 4.69) is 12.2 Å². The minimum atomic E-state index is -0.0350. The number of hydrogen-bond acceptors (Lipinski definition) is 2. The molecule has 1 aliphatic heterocycles. The van der Waals surface area contributed by atoms with Gasteiger partial charge in [-0.15, -0.1) is 0 Å². The zero-order valence-electron chi connectivity index (χ0n) is 16.7. The summed E-state index contributed by atoms with van der Waals surface area (Å²) < 4.78 is 0. The summed E-state index contributed by atoms with van der Waals surface area (Å²) in [6.45, 7) is 8.00. The number of nitrogens with one attached hydrogen (secondary N) is 1. The van der Waals surface area contributed by atoms with Gasteiger partial charge in [-0.3, -0.25) is 9.59 Å². The van der Waals surface area contributed by atoms with E-state index in [1.807, 2.05) is 30.9 Å². The molecule has 1 aliphatic carbocycles. The molecular formula is C22H31ClN2O2. The standard InChI is InChI=1S/C22H31ClN2O2/c1-14-8-10-25(11-9-14)22(27)18-6-4-17(5-7-18)21(26)24-20-16(3)12-15(2)13-19(20)23/h12-14,17-18H,4-11H2,1-3H3,(H,24,26). The number of nitrogens with zero attached hydrogens (tertiary/aromatic N) is 1. The maximum absolute atomic E-state index is 12.8. The molecule has 5 heteroatoms. The minimum Gasteiger partial charge on any atom is -0.342 e. The van der Waals surface area contributed by atoms with Crippen LogP contribution in [0.4, 0.5) is 5.69 Å². The first-order valence-corrected chi connectivity index (χ1v) is 10.6. The lowest BCUT2D eigenvalue weighted by molar-refractivity contribution is -0.139. The lowest BCUT2D eigenvalue weighted by atomic mass is 9.80. The Labute approximate surface area is 167 Å². The lowest BCUT2D eigenvalue weighted by Gasteiger charge is -2.35. The van der Waals surface area contributed by atoms with Crippen LogP contribution in [0.15, 0.2) is 12.1 Å². The van der Waals surface area contributed by atoms with Crippen molar-refractivity contribution in [3.8, 4) is 0 Å². The number of likely N-dealkylation sites (tertiary alicyclic amines) is 1. The number of anilines is 1. The number of carbonyl (C=O) groups excluding carboxylic acids is 2. The van der Waals surface area contributed by atoms with Gasteiger partial charge in [0.25, 0.3) is 0 Å². The van der Waals surface area contributed by atoms with Gasteiger partial charge in [0, 0.05) is 24.9 Å². The number of aryl methyl sites for hydroxylation is 2. The maximum atomic E-state index is 12.8. The van der Waals surface area contributed by atoms with Gasteiger partial charge in [-0.25, -0.2) is 0 Å². The smallest absolute Gasteiger partial charge is 0.227 e. The van der Waals surface area contributed by atoms with Gasteiger partial charge in [-0.1, -0.05) is 24.6 Å². The summed E-state index contributed by atoms with van der Waals surface area (Å²) in [7, 11) is 0. The molecule has 0 aromatic heterocycles. The highest BCUT2D eigenvalue weighted by atomic mass is 35.5. The van der Waals surface area contributed by atoms with Crippen molar-refractivity contribution < 1.29 is 9.59 Å². The van der Waals surface area contributed by atoms with Crippen LogP contribution in [-0.2, 0) is 9.59 Å². The van der Waals surface area contributed by atoms with Gasteiger partial charge in [-0.2, -0.15) is 0 Å². The highest BCUT2D eigenvalue weighted by Crippen LogP contribution is 2.33. The number of halogens is 1. The summed E-state index contributed by atoms with van der Waals surface area (Å²) in [5.74, 6) is 1.12. The number of hydrogen-bond donors (Lipinski definition) is 1. The molecule has 2 fully saturated rings. The SMILES string of the molecule is Cc1cc(C)c(NC(=O)C2CCC(C(=O)N3CCC(C)CC3)CC2)c(Cl)c1. The number of amides is 2. The Hall–Kier alpha value is -1.55. The van der Waals surface area contributed by atoms with Crippen LogP contribution in [0.2, 0.25) is 5.02 Å². The van der Waals surface area contributed by atoms with Crippen LogP contribution in [0.25, 0.3) is 0 Å². The highest BCUT2D eigenvalue weighted by molar-refractivity contribution is 6.34. The zero-order valence-corrected chi connectivity index (χ0v) is 17.4. The first kappa shape index (κ1) is 20.2. The Kier molecular flexibility index (Phi) is 6.46. The van der Waals surface area contributed by atoms with Crippen LogP contribution >= 0.6 is 11.6 Å². The lowest BCUT2D eigenvalue weighted by Crippen LogP contribution is -2.42. The normalized spacial score (nSPS) is 23.9. The van der Waals surface area contributed by atoms with E-state index in [1.165, 1.54) is 0 Å². The molecule has 1 heterocycles. The largest absolute Gasteiger partial charge is 0.342 e. The molecule has 0 atom stereocenters. The third-order valence-electron chi connectivity index (χ3n) is 6.22. The number of piperidine rings is 1. The van der Waals surface area contributed by atoms with Crippen molar-refractivity contribution >= 4 is 29.1 Å². The van der Waals surface area contributed by atoms with Gasteiger partial charge in [-0.05, 0) is 75.5 Å². The van der Waals surface area contributed by atoms with Crippen LogP contribution in [0, 0.1) is 31.6 Å². The van der Waals surface area contributed by atoms with Crippen molar-refractivity contribution in [3.05, 3.63) is 28.3 Å². The van der Waals surface area contributed by atoms with Crippen molar-refractivity contribution in [2.75, 3.05) is 18.4 Å². The Morgan fingerprint density at radius 3 is 2.19 bits per heavy atom. The van der Waals surface area contributed by atoms with Gasteiger partial charge in [0.05, 0.1) is 10.7 Å². The van der Waals surface area contributed by atoms with Crippen LogP contribution in [0.1, 0.15) is 56.6 Å². The topological polar surface area (TPSA) is 49.4 Å². The number of rotatable bonds is 3. The zero-order chi connectivity index (χ0) is 19.6. The number of carbonyl (C=O) groups is 2. The predicted molar refractivity (Wildman–Crippen MR) is 110 cm³/mol. The molecular weight excluding hydrogens is 360 g/mol. The maximum Gasteiger partial charge on any atom is 0.227 e. The molecule has 148 valence electrons. The Balaban J connectivity index is 1.53. The van der Waals surface area contributed by atoms with E-state index in [9.17, 15) is 9.59 Å². The quantitative estimate of drug-likeness (QED) is 0.792. The van der Waals surface area contributed by atoms with Gasteiger partial charge >= 0.3 is 0 Å². The molecule has 1 N–H and O–H groups in total. The molecule has 0 unspecified atom stereocenters. The molecule has 0 bridgehead atoms. The second kappa shape index (κ2) is 8.64. The molecule has 2 amide bonds. The van der Waals surface area contributed by atoms with Crippen molar-refractivity contribution in [3.63, 3.8) is 0 Å². The first-order valence-electron chi connectivity index (χ1n) is 10.2. The van der Waals surface area contributed by atoms with Crippen LogP contribution < -0.4 is 5.32 Å². The van der Waals surface area contributed by atoms with Crippen molar-refractivity contribution in [1.82, 2.24) is 4.90 Å². The van der Waals surface area contributed by atoms with Gasteiger partial charge in [0.2, 0.25) is 11.8 Å². The highest BCUT2D eigenvalue weighted by Gasteiger charge is 2.33. The van der Waals surface area contributed by atoms with E-state index in [1.54, 1.807) is 0 Å². The van der Waals surface area contributed by atoms with E-state index < -0.39 is 0 Å². The molecule has 3 rings (SSSR count). The van der Waals surface area contributed by atoms with E-state index in [-0.39, 0.29) is 17.7 Å². The fraction of sp³-hybridized carbons (Fsp3) is 0.636. The minimum absolute atomic E-state index is 0.0292. The molecule has 1 saturated heterocycles. The second-order valence-electron chi connectivity index (χ2n) is 8.48. The predicted octanol–water partition coefficient (Wildman–Crippen LogP) is 4.96. The Morgan fingerprint density at radius 2 is 1.59 bits per heavy atom. The van der Waals surface area contributed by atoms with Crippen molar-refractivity contribution in [2.24, 2.45) is 17.8 Å². The fourth-order valence-electron chi connectivity index (χ4n) is 4.39. The molecule has 0 radical (unpaired) electrons. The molecule has 1 aromatic rings. The van der Waals surface area contributed by atoms with E-state index in [4.69, 9.17) is 11.6 Å². The average molecular weight is 391 g/mol. The van der Waals surface area contributed by atoms with E-state index in [0.717, 1.165) is 68.7 Å². The fourth-order valence-corrected chi connectivity index (χ4v) is 4.76. The average Bonchev–Trinajstić information content (AvgIpc) is 2.64. The molecule has 27 heavy (non-hydrogen) atoms. The van der Waals surface area contributed by atoms with Crippen LogP contribution in [0.5, 0.6) is 0 Å². The third-order valence-corrected chi connectivity index (χ3v) is 6.52. The number of benzene rings is 1. The Bertz CT molecular complexity index is 679. The summed E-state index contributed by atoms with van der Waals surface area (Å²) >= 11 is 6.31. The van der Waals surface area contributed by atoms with Gasteiger partial charge in [0.1, 0.15) is 0 Å². The summed E-state index contributed by atoms with van der Waals surface area (Å²) in [6.07, 6.45) is 5.39. The monoisotopic (exact) mass is 390 g/mol. The summed E-state index contributed by atoms with van der Waals surface area (Å²) in [5.41, 5.74) is 2.78. The Morgan fingerprint density at radius 1 is 1.00 bits per heavy atom. The van der Waals surface area contributed by atoms with Gasteiger partial charge < -0.3 is 10.2 Å². The summed E-state index contributed by atoms with van der Waals surface area (Å²) in [4.78, 5) is 27.5. The summed E-state index contributed by atoms with van der Waals surface area (Å²) in [5, 5.41) is 3.61. The van der Waals surface area contributed by atoms with Crippen LogP contribution in [-0.4, -0.2) is 29.8 Å². The van der Waals surface area contributed by atoms with Crippen LogP contribution in [0.3, 0.4) is 0 Å². The van der Waals surface area contributed by atoms with Gasteiger partial charge in [0.15, 0.2) is 0 Å². The molecule has 2 aliphatic rings. The van der Waals surface area contributed by atoms with Crippen molar-refractivity contribution in [2.45, 2.75) is 59.3 Å². The molecule has 1 saturated carbocycles.